The van der Waals surface area contributed by atoms with Gasteiger partial charge in [0.25, 0.3) is 0 Å². The van der Waals surface area contributed by atoms with Crippen molar-refractivity contribution in [1.82, 2.24) is 4.98 Å². The minimum absolute atomic E-state index is 0.854. The van der Waals surface area contributed by atoms with Crippen LogP contribution in [-0.4, -0.2) is 4.98 Å². The fourth-order valence-corrected chi connectivity index (χ4v) is 2.88. The molecule has 16 heavy (non-hydrogen) atoms. The van der Waals surface area contributed by atoms with Crippen LogP contribution in [0.4, 0.5) is 5.69 Å². The molecule has 2 aromatic rings. The second kappa shape index (κ2) is 5.14. The van der Waals surface area contributed by atoms with Crippen molar-refractivity contribution in [3.8, 4) is 0 Å². The molecule has 4 heteroatoms. The lowest BCUT2D eigenvalue weighted by molar-refractivity contribution is 1.16. The maximum absolute atomic E-state index is 4.24. The van der Waals surface area contributed by atoms with Crippen LogP contribution in [0.3, 0.4) is 0 Å². The molecule has 1 aromatic heterocycles. The Hall–Kier alpha value is -0.620. The van der Waals surface area contributed by atoms with E-state index in [0.717, 1.165) is 11.6 Å². The molecule has 84 valence electrons. The van der Waals surface area contributed by atoms with Crippen LogP contribution in [0, 0.1) is 17.4 Å². The zero-order valence-corrected chi connectivity index (χ0v) is 12.2. The van der Waals surface area contributed by atoms with E-state index in [1.165, 1.54) is 19.7 Å². The zero-order valence-electron chi connectivity index (χ0n) is 9.25. The van der Waals surface area contributed by atoms with Crippen LogP contribution >= 0.6 is 33.9 Å². The normalized spacial score (nSPS) is 10.4. The Labute approximate surface area is 113 Å². The lowest BCUT2D eigenvalue weighted by Crippen LogP contribution is -1.99. The summed E-state index contributed by atoms with van der Waals surface area (Å²) >= 11 is 4.07. The van der Waals surface area contributed by atoms with Crippen molar-refractivity contribution < 1.29 is 0 Å². The molecule has 0 bridgehead atoms. The fraction of sp³-hybridized carbons (Fsp3) is 0.250. The summed E-state index contributed by atoms with van der Waals surface area (Å²) < 4.78 is 1.27. The van der Waals surface area contributed by atoms with E-state index >= 15 is 0 Å². The van der Waals surface area contributed by atoms with Crippen molar-refractivity contribution >= 4 is 39.6 Å². The third-order valence-electron chi connectivity index (χ3n) is 2.31. The maximum atomic E-state index is 4.24. The van der Waals surface area contributed by atoms with E-state index in [-0.39, 0.29) is 0 Å². The number of rotatable bonds is 3. The van der Waals surface area contributed by atoms with Crippen molar-refractivity contribution in [3.63, 3.8) is 0 Å². The van der Waals surface area contributed by atoms with Crippen molar-refractivity contribution in [2.45, 2.75) is 20.4 Å². The van der Waals surface area contributed by atoms with Gasteiger partial charge in [0.05, 0.1) is 11.6 Å². The molecular weight excluding hydrogens is 331 g/mol. The molecule has 1 heterocycles. The van der Waals surface area contributed by atoms with Crippen LogP contribution in [0.25, 0.3) is 0 Å². The minimum atomic E-state index is 0.854. The standard InChI is InChI=1S/C12H13IN2S/c1-8-5-10(13)3-4-12(8)15-7-11-6-14-9(2)16-11/h3-6,15H,7H2,1-2H3. The SMILES string of the molecule is Cc1ncc(CNc2ccc(I)cc2C)s1. The highest BCUT2D eigenvalue weighted by Crippen LogP contribution is 2.19. The molecule has 0 radical (unpaired) electrons. The molecule has 2 rings (SSSR count). The summed E-state index contributed by atoms with van der Waals surface area (Å²) in [6, 6.07) is 6.43. The van der Waals surface area contributed by atoms with Crippen molar-refractivity contribution in [3.05, 3.63) is 43.4 Å². The number of anilines is 1. The van der Waals surface area contributed by atoms with E-state index in [4.69, 9.17) is 0 Å². The molecule has 0 fully saturated rings. The lowest BCUT2D eigenvalue weighted by atomic mass is 10.2. The van der Waals surface area contributed by atoms with Crippen LogP contribution in [0.2, 0.25) is 0 Å². The summed E-state index contributed by atoms with van der Waals surface area (Å²) in [6.45, 7) is 5.01. The molecule has 1 aromatic carbocycles. The molecule has 1 N–H and O–H groups in total. The van der Waals surface area contributed by atoms with Crippen LogP contribution < -0.4 is 5.32 Å². The van der Waals surface area contributed by atoms with E-state index < -0.39 is 0 Å². The Morgan fingerprint density at radius 2 is 2.19 bits per heavy atom. The predicted molar refractivity (Wildman–Crippen MR) is 78.1 cm³/mol. The molecule has 0 unspecified atom stereocenters. The summed E-state index contributed by atoms with van der Waals surface area (Å²) in [5.41, 5.74) is 2.49. The van der Waals surface area contributed by atoms with E-state index in [9.17, 15) is 0 Å². The van der Waals surface area contributed by atoms with Gasteiger partial charge in [-0.3, -0.25) is 0 Å². The van der Waals surface area contributed by atoms with Crippen LogP contribution in [-0.2, 0) is 6.54 Å². The molecule has 2 nitrogen and oxygen atoms in total. The Bertz CT molecular complexity index is 494. The second-order valence-electron chi connectivity index (χ2n) is 3.66. The Morgan fingerprint density at radius 3 is 2.81 bits per heavy atom. The molecule has 0 amide bonds. The summed E-state index contributed by atoms with van der Waals surface area (Å²) in [4.78, 5) is 5.52. The first kappa shape index (κ1) is 11.9. The average molecular weight is 344 g/mol. The number of aromatic nitrogens is 1. The summed E-state index contributed by atoms with van der Waals surface area (Å²) in [5.74, 6) is 0. The van der Waals surface area contributed by atoms with Gasteiger partial charge in [-0.15, -0.1) is 11.3 Å². The number of aryl methyl sites for hydroxylation is 2. The zero-order chi connectivity index (χ0) is 11.5. The highest BCUT2D eigenvalue weighted by molar-refractivity contribution is 14.1. The van der Waals surface area contributed by atoms with E-state index in [2.05, 4.69) is 58.0 Å². The number of hydrogen-bond acceptors (Lipinski definition) is 3. The first-order valence-electron chi connectivity index (χ1n) is 5.06. The van der Waals surface area contributed by atoms with Gasteiger partial charge in [-0.2, -0.15) is 0 Å². The van der Waals surface area contributed by atoms with E-state index in [1.54, 1.807) is 11.3 Å². The number of halogens is 1. The molecule has 0 aliphatic carbocycles. The molecule has 0 saturated heterocycles. The number of thiazole rings is 1. The molecule has 0 spiro atoms. The highest BCUT2D eigenvalue weighted by atomic mass is 127. The van der Waals surface area contributed by atoms with Gasteiger partial charge in [-0.25, -0.2) is 4.98 Å². The van der Waals surface area contributed by atoms with Crippen LogP contribution in [0.1, 0.15) is 15.4 Å². The van der Waals surface area contributed by atoms with Crippen molar-refractivity contribution in [2.24, 2.45) is 0 Å². The Kier molecular flexibility index (Phi) is 3.81. The topological polar surface area (TPSA) is 24.9 Å². The third kappa shape index (κ3) is 2.95. The van der Waals surface area contributed by atoms with Gasteiger partial charge in [0.2, 0.25) is 0 Å². The largest absolute Gasteiger partial charge is 0.380 e. The third-order valence-corrected chi connectivity index (χ3v) is 3.89. The van der Waals surface area contributed by atoms with E-state index in [1.807, 2.05) is 13.1 Å². The molecule has 0 saturated carbocycles. The molecule has 0 aliphatic heterocycles. The minimum Gasteiger partial charge on any atom is -0.380 e. The van der Waals surface area contributed by atoms with Gasteiger partial charge in [0.15, 0.2) is 0 Å². The summed E-state index contributed by atoms with van der Waals surface area (Å²) in [7, 11) is 0. The van der Waals surface area contributed by atoms with Gasteiger partial charge in [0.1, 0.15) is 0 Å². The van der Waals surface area contributed by atoms with Gasteiger partial charge in [0, 0.05) is 20.3 Å². The van der Waals surface area contributed by atoms with Gasteiger partial charge in [-0.05, 0) is 60.2 Å². The Morgan fingerprint density at radius 1 is 1.38 bits per heavy atom. The quantitative estimate of drug-likeness (QED) is 0.852. The van der Waals surface area contributed by atoms with Crippen LogP contribution in [0.15, 0.2) is 24.4 Å². The molecule has 0 aliphatic rings. The number of benzene rings is 1. The molecule has 0 atom stereocenters. The van der Waals surface area contributed by atoms with Gasteiger partial charge in [-0.1, -0.05) is 0 Å². The van der Waals surface area contributed by atoms with Gasteiger partial charge >= 0.3 is 0 Å². The summed E-state index contributed by atoms with van der Waals surface area (Å²) in [6.07, 6.45) is 1.94. The monoisotopic (exact) mass is 344 g/mol. The Balaban J connectivity index is 2.04. The first-order chi connectivity index (χ1) is 7.65. The molecular formula is C12H13IN2S. The number of nitrogens with zero attached hydrogens (tertiary/aromatic N) is 1. The predicted octanol–water partition coefficient (Wildman–Crippen LogP) is 3.98. The average Bonchev–Trinajstić information content (AvgIpc) is 2.63. The first-order valence-corrected chi connectivity index (χ1v) is 6.96. The smallest absolute Gasteiger partial charge is 0.0897 e. The van der Waals surface area contributed by atoms with Gasteiger partial charge < -0.3 is 5.32 Å². The highest BCUT2D eigenvalue weighted by Gasteiger charge is 2.01. The fourth-order valence-electron chi connectivity index (χ4n) is 1.49. The second-order valence-corrected chi connectivity index (χ2v) is 6.22. The number of hydrogen-bond donors (Lipinski definition) is 1. The summed E-state index contributed by atoms with van der Waals surface area (Å²) in [5, 5.41) is 4.56. The maximum Gasteiger partial charge on any atom is 0.0897 e. The van der Waals surface area contributed by atoms with Crippen molar-refractivity contribution in [2.75, 3.05) is 5.32 Å². The van der Waals surface area contributed by atoms with Crippen molar-refractivity contribution in [1.29, 1.82) is 0 Å². The van der Waals surface area contributed by atoms with E-state index in [0.29, 0.717) is 0 Å². The van der Waals surface area contributed by atoms with Crippen LogP contribution in [0.5, 0.6) is 0 Å². The lowest BCUT2D eigenvalue weighted by Gasteiger charge is -2.08. The number of nitrogens with one attached hydrogen (secondary N) is 1.